The first kappa shape index (κ1) is 22.0. The van der Waals surface area contributed by atoms with Crippen molar-refractivity contribution in [2.75, 3.05) is 38.3 Å². The SMILES string of the molecule is COc1cc(-n2c(C)ccc2C)ncc1N1CCN(C(=O)O)[C@](CO)(C(C)(C)C)C1. The minimum Gasteiger partial charge on any atom is -0.494 e. The molecule has 1 amide bonds. The van der Waals surface area contributed by atoms with Gasteiger partial charge in [-0.3, -0.25) is 4.90 Å². The summed E-state index contributed by atoms with van der Waals surface area (Å²) < 4.78 is 7.75. The van der Waals surface area contributed by atoms with Gasteiger partial charge >= 0.3 is 6.09 Å². The van der Waals surface area contributed by atoms with E-state index in [1.807, 2.05) is 52.8 Å². The standard InChI is InChI=1S/C22H32N4O4/c1-15-7-8-16(2)26(15)19-11-18(30-6)17(12-23-19)24-9-10-25(20(28)29)22(13-24,14-27)21(3,4)5/h7-8,11-12,27H,9-10,13-14H2,1-6H3,(H,28,29)/t22-/m1/s1. The third-order valence-corrected chi connectivity index (χ3v) is 6.34. The Balaban J connectivity index is 2.02. The number of ether oxygens (including phenoxy) is 1. The van der Waals surface area contributed by atoms with Gasteiger partial charge in [-0.15, -0.1) is 0 Å². The van der Waals surface area contributed by atoms with E-state index in [4.69, 9.17) is 4.74 Å². The Kier molecular flexibility index (Phi) is 5.73. The summed E-state index contributed by atoms with van der Waals surface area (Å²) in [6, 6.07) is 5.99. The van der Waals surface area contributed by atoms with Gasteiger partial charge in [0.05, 0.1) is 31.1 Å². The van der Waals surface area contributed by atoms with E-state index in [0.717, 1.165) is 22.9 Å². The molecule has 0 bridgehead atoms. The minimum atomic E-state index is -1.02. The molecule has 3 heterocycles. The largest absolute Gasteiger partial charge is 0.494 e. The molecule has 1 saturated heterocycles. The van der Waals surface area contributed by atoms with E-state index in [2.05, 4.69) is 14.5 Å². The van der Waals surface area contributed by atoms with E-state index in [1.165, 1.54) is 4.90 Å². The summed E-state index contributed by atoms with van der Waals surface area (Å²) in [5.74, 6) is 1.43. The van der Waals surface area contributed by atoms with Crippen molar-refractivity contribution in [1.82, 2.24) is 14.5 Å². The van der Waals surface area contributed by atoms with Crippen LogP contribution in [0.4, 0.5) is 10.5 Å². The first-order valence-corrected chi connectivity index (χ1v) is 10.1. The zero-order valence-electron chi connectivity index (χ0n) is 18.6. The van der Waals surface area contributed by atoms with Crippen LogP contribution >= 0.6 is 0 Å². The molecule has 0 aromatic carbocycles. The Morgan fingerprint density at radius 1 is 1.23 bits per heavy atom. The van der Waals surface area contributed by atoms with Gasteiger partial charge in [0.25, 0.3) is 0 Å². The number of methoxy groups -OCH3 is 1. The molecule has 8 heteroatoms. The van der Waals surface area contributed by atoms with Crippen LogP contribution in [0.1, 0.15) is 32.2 Å². The van der Waals surface area contributed by atoms with E-state index >= 15 is 0 Å². The number of pyridine rings is 1. The van der Waals surface area contributed by atoms with E-state index in [1.54, 1.807) is 13.3 Å². The van der Waals surface area contributed by atoms with Gasteiger partial charge in [-0.2, -0.15) is 0 Å². The number of nitrogens with zero attached hydrogens (tertiary/aromatic N) is 4. The summed E-state index contributed by atoms with van der Waals surface area (Å²) in [6.45, 7) is 10.8. The van der Waals surface area contributed by atoms with Gasteiger partial charge in [-0.25, -0.2) is 9.78 Å². The average Bonchev–Trinajstić information content (AvgIpc) is 3.04. The number of piperazine rings is 1. The van der Waals surface area contributed by atoms with E-state index in [-0.39, 0.29) is 13.2 Å². The smallest absolute Gasteiger partial charge is 0.407 e. The number of aliphatic hydroxyl groups excluding tert-OH is 1. The Hall–Kier alpha value is -2.74. The highest BCUT2D eigenvalue weighted by Crippen LogP contribution is 2.41. The number of amides is 1. The first-order chi connectivity index (χ1) is 14.1. The van der Waals surface area contributed by atoms with E-state index < -0.39 is 17.0 Å². The van der Waals surface area contributed by atoms with Crippen LogP contribution in [0.15, 0.2) is 24.4 Å². The Morgan fingerprint density at radius 2 is 1.87 bits per heavy atom. The van der Waals surface area contributed by atoms with Gasteiger partial charge in [0.2, 0.25) is 0 Å². The molecule has 2 aromatic rings. The van der Waals surface area contributed by atoms with E-state index in [0.29, 0.717) is 18.8 Å². The van der Waals surface area contributed by atoms with Gasteiger partial charge in [-0.1, -0.05) is 20.8 Å². The maximum Gasteiger partial charge on any atom is 0.407 e. The van der Waals surface area contributed by atoms with Crippen LogP contribution in [0.5, 0.6) is 5.75 Å². The van der Waals surface area contributed by atoms with Crippen molar-refractivity contribution >= 4 is 11.8 Å². The molecular weight excluding hydrogens is 384 g/mol. The predicted octanol–water partition coefficient (Wildman–Crippen LogP) is 3.07. The fourth-order valence-corrected chi connectivity index (χ4v) is 4.39. The molecule has 1 aliphatic rings. The molecule has 0 aliphatic carbocycles. The molecule has 0 saturated carbocycles. The number of aromatic nitrogens is 2. The minimum absolute atomic E-state index is 0.269. The number of hydrogen-bond acceptors (Lipinski definition) is 5. The van der Waals surface area contributed by atoms with Gasteiger partial charge < -0.3 is 24.4 Å². The summed E-state index contributed by atoms with van der Waals surface area (Å²) in [6.07, 6.45) is 0.756. The highest BCUT2D eigenvalue weighted by Gasteiger charge is 2.52. The maximum absolute atomic E-state index is 11.9. The van der Waals surface area contributed by atoms with Gasteiger partial charge in [0.15, 0.2) is 0 Å². The van der Waals surface area contributed by atoms with Crippen LogP contribution in [0.25, 0.3) is 5.82 Å². The normalized spacial score (nSPS) is 19.8. The zero-order chi connectivity index (χ0) is 22.3. The number of aliphatic hydroxyl groups is 1. The molecule has 1 fully saturated rings. The molecule has 0 unspecified atom stereocenters. The maximum atomic E-state index is 11.9. The second-order valence-corrected chi connectivity index (χ2v) is 8.96. The fraction of sp³-hybridized carbons (Fsp3) is 0.545. The molecule has 8 nitrogen and oxygen atoms in total. The number of rotatable bonds is 4. The molecule has 2 aromatic heterocycles. The molecule has 164 valence electrons. The molecule has 1 atom stereocenters. The highest BCUT2D eigenvalue weighted by atomic mass is 16.5. The van der Waals surface area contributed by atoms with Crippen molar-refractivity contribution in [3.63, 3.8) is 0 Å². The molecule has 0 spiro atoms. The fourth-order valence-electron chi connectivity index (χ4n) is 4.39. The third-order valence-electron chi connectivity index (χ3n) is 6.34. The Morgan fingerprint density at radius 3 is 2.37 bits per heavy atom. The number of carboxylic acid groups (broad SMARTS) is 1. The number of aryl methyl sites for hydroxylation is 2. The second-order valence-electron chi connectivity index (χ2n) is 8.96. The van der Waals surface area contributed by atoms with Crippen LogP contribution in [0, 0.1) is 19.3 Å². The molecule has 1 aliphatic heterocycles. The monoisotopic (exact) mass is 416 g/mol. The summed E-state index contributed by atoms with van der Waals surface area (Å²) >= 11 is 0. The Labute approximate surface area is 177 Å². The average molecular weight is 417 g/mol. The number of carbonyl (C=O) groups is 1. The second kappa shape index (κ2) is 7.83. The molecule has 30 heavy (non-hydrogen) atoms. The van der Waals surface area contributed by atoms with Crippen molar-refractivity contribution < 1.29 is 19.7 Å². The third kappa shape index (κ3) is 3.49. The number of hydrogen-bond donors (Lipinski definition) is 2. The van der Waals surface area contributed by atoms with Crippen molar-refractivity contribution in [2.45, 2.75) is 40.2 Å². The van der Waals surface area contributed by atoms with Gasteiger partial charge in [-0.05, 0) is 31.4 Å². The topological polar surface area (TPSA) is 91.1 Å². The van der Waals surface area contributed by atoms with Crippen molar-refractivity contribution in [1.29, 1.82) is 0 Å². The summed E-state index contributed by atoms with van der Waals surface area (Å²) in [4.78, 5) is 20.0. The van der Waals surface area contributed by atoms with Crippen LogP contribution in [0.2, 0.25) is 0 Å². The first-order valence-electron chi connectivity index (χ1n) is 10.1. The summed E-state index contributed by atoms with van der Waals surface area (Å²) in [7, 11) is 1.62. The summed E-state index contributed by atoms with van der Waals surface area (Å²) in [5, 5.41) is 20.1. The highest BCUT2D eigenvalue weighted by molar-refractivity contribution is 5.68. The van der Waals surface area contributed by atoms with Crippen molar-refractivity contribution in [3.8, 4) is 11.6 Å². The van der Waals surface area contributed by atoms with Crippen molar-refractivity contribution in [2.24, 2.45) is 5.41 Å². The van der Waals surface area contributed by atoms with Crippen LogP contribution < -0.4 is 9.64 Å². The quantitative estimate of drug-likeness (QED) is 0.796. The lowest BCUT2D eigenvalue weighted by Gasteiger charge is -2.55. The van der Waals surface area contributed by atoms with Crippen LogP contribution in [0.3, 0.4) is 0 Å². The van der Waals surface area contributed by atoms with Gasteiger partial charge in [0, 0.05) is 37.1 Å². The lowest BCUT2D eigenvalue weighted by atomic mass is 9.71. The summed E-state index contributed by atoms with van der Waals surface area (Å²) in [5.41, 5.74) is 1.53. The molecule has 0 radical (unpaired) electrons. The number of anilines is 1. The lowest BCUT2D eigenvalue weighted by Crippen LogP contribution is -2.71. The lowest BCUT2D eigenvalue weighted by molar-refractivity contribution is -0.0418. The zero-order valence-corrected chi connectivity index (χ0v) is 18.6. The van der Waals surface area contributed by atoms with Crippen LogP contribution in [-0.4, -0.2) is 69.6 Å². The van der Waals surface area contributed by atoms with Gasteiger partial charge in [0.1, 0.15) is 11.6 Å². The molecule has 2 N–H and O–H groups in total. The Bertz CT molecular complexity index is 914. The van der Waals surface area contributed by atoms with Crippen LogP contribution in [-0.2, 0) is 0 Å². The van der Waals surface area contributed by atoms with Crippen molar-refractivity contribution in [3.05, 3.63) is 35.8 Å². The van der Waals surface area contributed by atoms with E-state index in [9.17, 15) is 15.0 Å². The predicted molar refractivity (Wildman–Crippen MR) is 116 cm³/mol. The molecule has 3 rings (SSSR count). The molecular formula is C22H32N4O4.